The van der Waals surface area contributed by atoms with Crippen molar-refractivity contribution in [1.82, 2.24) is 14.9 Å². The van der Waals surface area contributed by atoms with Crippen LogP contribution >= 0.6 is 7.52 Å². The average molecular weight is 409 g/mol. The standard InChI is InChI=1S/C20H32N3O4P/c1-16-13-22(2)14-19(27-16)15-26-28(3,25)23-11-9-18(10-12-23)21-20(24)17-7-5-4-6-8-17/h4-8,16,18-19H,9-15H2,1-3H3,(H,21,24). The molecule has 1 amide bonds. The van der Waals surface area contributed by atoms with Gasteiger partial charge >= 0.3 is 0 Å². The Bertz CT molecular complexity index is 684. The van der Waals surface area contributed by atoms with E-state index >= 15 is 0 Å². The number of amides is 1. The largest absolute Gasteiger partial charge is 0.370 e. The number of nitrogens with zero attached hydrogens (tertiary/aromatic N) is 2. The highest BCUT2D eigenvalue weighted by molar-refractivity contribution is 7.55. The summed E-state index contributed by atoms with van der Waals surface area (Å²) < 4.78 is 26.7. The fraction of sp³-hybridized carbons (Fsp3) is 0.650. The number of hydrogen-bond donors (Lipinski definition) is 1. The lowest BCUT2D eigenvalue weighted by molar-refractivity contribution is -0.0854. The number of carbonyl (C=O) groups is 1. The molecule has 3 rings (SSSR count). The highest BCUT2D eigenvalue weighted by Gasteiger charge is 2.33. The van der Waals surface area contributed by atoms with E-state index in [1.165, 1.54) is 0 Å². The van der Waals surface area contributed by atoms with Gasteiger partial charge in [-0.2, -0.15) is 0 Å². The molecule has 2 fully saturated rings. The first-order valence-corrected chi connectivity index (χ1v) is 12.0. The van der Waals surface area contributed by atoms with Crippen LogP contribution in [-0.4, -0.2) is 80.2 Å². The minimum Gasteiger partial charge on any atom is -0.370 e. The van der Waals surface area contributed by atoms with Crippen LogP contribution in [0.25, 0.3) is 0 Å². The molecule has 2 aliphatic rings. The minimum atomic E-state index is -2.87. The van der Waals surface area contributed by atoms with Crippen molar-refractivity contribution in [3.8, 4) is 0 Å². The van der Waals surface area contributed by atoms with Crippen LogP contribution in [0.15, 0.2) is 30.3 Å². The third-order valence-electron chi connectivity index (χ3n) is 5.37. The van der Waals surface area contributed by atoms with E-state index in [2.05, 4.69) is 17.3 Å². The van der Waals surface area contributed by atoms with E-state index in [0.29, 0.717) is 25.3 Å². The zero-order chi connectivity index (χ0) is 20.1. The molecule has 0 bridgehead atoms. The summed E-state index contributed by atoms with van der Waals surface area (Å²) in [7, 11) is -0.809. The molecule has 2 aliphatic heterocycles. The third kappa shape index (κ3) is 5.88. The summed E-state index contributed by atoms with van der Waals surface area (Å²) in [4.78, 5) is 14.5. The molecule has 1 aromatic carbocycles. The Morgan fingerprint density at radius 3 is 2.57 bits per heavy atom. The molecule has 0 aliphatic carbocycles. The first-order valence-electron chi connectivity index (χ1n) is 10.0. The normalized spacial score (nSPS) is 27.2. The first kappa shape index (κ1) is 21.5. The highest BCUT2D eigenvalue weighted by atomic mass is 31.2. The number of hydrogen-bond acceptors (Lipinski definition) is 5. The van der Waals surface area contributed by atoms with Gasteiger partial charge in [-0.15, -0.1) is 0 Å². The molecular weight excluding hydrogens is 377 g/mol. The second-order valence-corrected chi connectivity index (χ2v) is 10.4. The summed E-state index contributed by atoms with van der Waals surface area (Å²) in [5.74, 6) is -0.0531. The van der Waals surface area contributed by atoms with Gasteiger partial charge in [0.1, 0.15) is 0 Å². The number of benzene rings is 1. The van der Waals surface area contributed by atoms with E-state index in [9.17, 15) is 9.36 Å². The van der Waals surface area contributed by atoms with Crippen molar-refractivity contribution in [1.29, 1.82) is 0 Å². The molecule has 0 saturated carbocycles. The van der Waals surface area contributed by atoms with Crippen LogP contribution in [0.5, 0.6) is 0 Å². The molecule has 1 N–H and O–H groups in total. The Morgan fingerprint density at radius 2 is 1.93 bits per heavy atom. The van der Waals surface area contributed by atoms with Crippen LogP contribution in [0.3, 0.4) is 0 Å². The molecule has 0 radical (unpaired) electrons. The van der Waals surface area contributed by atoms with Gasteiger partial charge in [0.25, 0.3) is 13.4 Å². The van der Waals surface area contributed by atoms with E-state index in [0.717, 1.165) is 25.9 Å². The zero-order valence-corrected chi connectivity index (χ0v) is 17.9. The summed E-state index contributed by atoms with van der Waals surface area (Å²) in [6, 6.07) is 9.33. The summed E-state index contributed by atoms with van der Waals surface area (Å²) >= 11 is 0. The van der Waals surface area contributed by atoms with Gasteiger partial charge in [0, 0.05) is 44.4 Å². The van der Waals surface area contributed by atoms with Gasteiger partial charge in [-0.25, -0.2) is 4.67 Å². The third-order valence-corrected chi connectivity index (χ3v) is 7.42. The van der Waals surface area contributed by atoms with Crippen LogP contribution in [-0.2, 0) is 13.8 Å². The molecule has 3 atom stereocenters. The maximum absolute atomic E-state index is 13.1. The van der Waals surface area contributed by atoms with Crippen LogP contribution < -0.4 is 5.32 Å². The lowest BCUT2D eigenvalue weighted by Gasteiger charge is -2.38. The van der Waals surface area contributed by atoms with Crippen molar-refractivity contribution in [2.45, 2.75) is 38.0 Å². The van der Waals surface area contributed by atoms with Crippen LogP contribution in [0.4, 0.5) is 0 Å². The van der Waals surface area contributed by atoms with Crippen molar-refractivity contribution >= 4 is 13.4 Å². The number of ether oxygens (including phenoxy) is 1. The molecule has 7 nitrogen and oxygen atoms in total. The van der Waals surface area contributed by atoms with Crippen molar-refractivity contribution in [2.75, 3.05) is 46.5 Å². The van der Waals surface area contributed by atoms with Gasteiger partial charge in [-0.3, -0.25) is 9.36 Å². The fourth-order valence-corrected chi connectivity index (χ4v) is 5.47. The molecule has 8 heteroatoms. The lowest BCUT2D eigenvalue weighted by atomic mass is 10.1. The number of nitrogens with one attached hydrogen (secondary N) is 1. The van der Waals surface area contributed by atoms with E-state index in [1.807, 2.05) is 41.9 Å². The Kier molecular flexibility index (Phi) is 7.29. The summed E-state index contributed by atoms with van der Waals surface area (Å²) in [5.41, 5.74) is 0.668. The predicted octanol–water partition coefficient (Wildman–Crippen LogP) is 2.44. The lowest BCUT2D eigenvalue weighted by Crippen LogP contribution is -2.46. The number of rotatable bonds is 6. The second-order valence-electron chi connectivity index (χ2n) is 7.96. The van der Waals surface area contributed by atoms with E-state index < -0.39 is 7.52 Å². The summed E-state index contributed by atoms with van der Waals surface area (Å²) in [6.07, 6.45) is 1.64. The van der Waals surface area contributed by atoms with Crippen molar-refractivity contribution in [3.05, 3.63) is 35.9 Å². The van der Waals surface area contributed by atoms with Gasteiger partial charge in [0.05, 0.1) is 18.8 Å². The highest BCUT2D eigenvalue weighted by Crippen LogP contribution is 2.48. The minimum absolute atomic E-state index is 0.0512. The van der Waals surface area contributed by atoms with Gasteiger partial charge in [0.15, 0.2) is 0 Å². The van der Waals surface area contributed by atoms with Crippen molar-refractivity contribution in [3.63, 3.8) is 0 Å². The molecule has 0 spiro atoms. The molecule has 3 unspecified atom stereocenters. The molecule has 156 valence electrons. The Labute approximate surface area is 167 Å². The average Bonchev–Trinajstić information content (AvgIpc) is 2.67. The molecule has 28 heavy (non-hydrogen) atoms. The molecular formula is C20H32N3O4P. The van der Waals surface area contributed by atoms with Gasteiger partial charge in [0.2, 0.25) is 0 Å². The maximum Gasteiger partial charge on any atom is 0.269 e. The van der Waals surface area contributed by atoms with E-state index in [-0.39, 0.29) is 24.2 Å². The van der Waals surface area contributed by atoms with Crippen LogP contribution in [0.1, 0.15) is 30.1 Å². The molecule has 0 aromatic heterocycles. The summed E-state index contributed by atoms with van der Waals surface area (Å²) in [6.45, 7) is 7.06. The Hall–Kier alpha value is -1.24. The first-order chi connectivity index (χ1) is 13.3. The maximum atomic E-state index is 13.1. The van der Waals surface area contributed by atoms with Crippen LogP contribution in [0, 0.1) is 0 Å². The summed E-state index contributed by atoms with van der Waals surface area (Å²) in [5, 5.41) is 3.08. The smallest absolute Gasteiger partial charge is 0.269 e. The fourth-order valence-electron chi connectivity index (χ4n) is 3.90. The van der Waals surface area contributed by atoms with Crippen molar-refractivity contribution in [2.24, 2.45) is 0 Å². The topological polar surface area (TPSA) is 71.1 Å². The monoisotopic (exact) mass is 409 g/mol. The zero-order valence-electron chi connectivity index (χ0n) is 17.0. The van der Waals surface area contributed by atoms with E-state index in [1.54, 1.807) is 6.66 Å². The SMILES string of the molecule is CC1CN(C)CC(COP(C)(=O)N2CCC(NC(=O)c3ccccc3)CC2)O1. The Morgan fingerprint density at radius 1 is 1.25 bits per heavy atom. The molecule has 2 saturated heterocycles. The quantitative estimate of drug-likeness (QED) is 0.728. The van der Waals surface area contributed by atoms with E-state index in [4.69, 9.17) is 9.26 Å². The predicted molar refractivity (Wildman–Crippen MR) is 110 cm³/mol. The van der Waals surface area contributed by atoms with Crippen molar-refractivity contribution < 1.29 is 18.6 Å². The number of morpholine rings is 1. The Balaban J connectivity index is 1.44. The molecule has 1 aromatic rings. The van der Waals surface area contributed by atoms with Crippen LogP contribution in [0.2, 0.25) is 0 Å². The second kappa shape index (κ2) is 9.51. The number of piperidine rings is 1. The van der Waals surface area contributed by atoms with Gasteiger partial charge in [-0.05, 0) is 38.9 Å². The number of likely N-dealkylation sites (N-methyl/N-ethyl adjacent to an activating group) is 1. The number of carbonyl (C=O) groups excluding carboxylic acids is 1. The molecule has 2 heterocycles. The van der Waals surface area contributed by atoms with Gasteiger partial charge < -0.3 is 19.5 Å². The van der Waals surface area contributed by atoms with Gasteiger partial charge in [-0.1, -0.05) is 18.2 Å².